The molecule has 2 aromatic rings. The van der Waals surface area contributed by atoms with Crippen LogP contribution in [0, 0.1) is 6.92 Å². The Hall–Kier alpha value is -1.48. The lowest BCUT2D eigenvalue weighted by molar-refractivity contribution is 0.0951. The average molecular weight is 257 g/mol. The zero-order valence-corrected chi connectivity index (χ0v) is 11.2. The van der Waals surface area contributed by atoms with Crippen molar-refractivity contribution in [3.63, 3.8) is 0 Å². The number of thiophene rings is 1. The summed E-state index contributed by atoms with van der Waals surface area (Å²) < 4.78 is 0. The van der Waals surface area contributed by atoms with Gasteiger partial charge in [0.25, 0.3) is 0 Å². The Morgan fingerprint density at radius 3 is 3.06 bits per heavy atom. The Labute approximate surface area is 111 Å². The third-order valence-corrected chi connectivity index (χ3v) is 4.56. The topological polar surface area (TPSA) is 30.0 Å². The van der Waals surface area contributed by atoms with E-state index < -0.39 is 0 Å². The third-order valence-electron chi connectivity index (χ3n) is 3.56. The van der Waals surface area contributed by atoms with E-state index in [4.69, 9.17) is 0 Å². The molecule has 2 aromatic heterocycles. The van der Waals surface area contributed by atoms with Crippen LogP contribution in [-0.4, -0.2) is 10.8 Å². The van der Waals surface area contributed by atoms with Crippen molar-refractivity contribution in [3.05, 3.63) is 51.5 Å². The Kier molecular flexibility index (Phi) is 3.00. The van der Waals surface area contributed by atoms with Crippen LogP contribution in [-0.2, 0) is 6.42 Å². The van der Waals surface area contributed by atoms with Crippen LogP contribution in [0.1, 0.15) is 45.3 Å². The molecule has 2 heterocycles. The number of fused-ring (bicyclic) bond motifs is 1. The minimum atomic E-state index is 0.0458. The number of ketones is 1. The van der Waals surface area contributed by atoms with Gasteiger partial charge in [0.2, 0.25) is 0 Å². The highest BCUT2D eigenvalue weighted by Crippen LogP contribution is 2.36. The molecule has 0 radical (unpaired) electrons. The molecule has 1 aliphatic carbocycles. The van der Waals surface area contributed by atoms with Crippen LogP contribution in [0.15, 0.2) is 29.8 Å². The van der Waals surface area contributed by atoms with E-state index in [1.54, 1.807) is 17.5 Å². The smallest absolute Gasteiger partial charge is 0.171 e. The first-order chi connectivity index (χ1) is 8.75. The lowest BCUT2D eigenvalue weighted by Gasteiger charge is -2.21. The van der Waals surface area contributed by atoms with Crippen LogP contribution in [0.4, 0.5) is 0 Å². The van der Waals surface area contributed by atoms with Gasteiger partial charge < -0.3 is 0 Å². The largest absolute Gasteiger partial charge is 0.293 e. The van der Waals surface area contributed by atoms with Gasteiger partial charge in [-0.15, -0.1) is 11.3 Å². The highest BCUT2D eigenvalue weighted by molar-refractivity contribution is 7.10. The number of carbonyl (C=O) groups excluding carboxylic acids is 1. The zero-order valence-electron chi connectivity index (χ0n) is 10.3. The minimum absolute atomic E-state index is 0.0458. The van der Waals surface area contributed by atoms with Crippen LogP contribution in [0.2, 0.25) is 0 Å². The fourth-order valence-electron chi connectivity index (χ4n) is 2.57. The summed E-state index contributed by atoms with van der Waals surface area (Å²) in [6.07, 6.45) is 4.92. The van der Waals surface area contributed by atoms with E-state index in [1.807, 2.05) is 19.1 Å². The Morgan fingerprint density at radius 1 is 1.39 bits per heavy atom. The molecular formula is C15H15NOS. The van der Waals surface area contributed by atoms with Crippen molar-refractivity contribution in [1.82, 2.24) is 4.98 Å². The van der Waals surface area contributed by atoms with Crippen LogP contribution < -0.4 is 0 Å². The lowest BCUT2D eigenvalue weighted by Crippen LogP contribution is -2.17. The SMILES string of the molecule is Cc1ccc(C(=O)C2CCCc3sccc32)cn1. The molecule has 0 saturated heterocycles. The summed E-state index contributed by atoms with van der Waals surface area (Å²) in [4.78, 5) is 18.1. The molecule has 0 saturated carbocycles. The third kappa shape index (κ3) is 1.99. The van der Waals surface area contributed by atoms with Gasteiger partial charge >= 0.3 is 0 Å². The maximum Gasteiger partial charge on any atom is 0.171 e. The number of hydrogen-bond acceptors (Lipinski definition) is 3. The van der Waals surface area contributed by atoms with E-state index in [2.05, 4.69) is 16.4 Å². The van der Waals surface area contributed by atoms with Gasteiger partial charge in [-0.05, 0) is 55.3 Å². The van der Waals surface area contributed by atoms with E-state index in [0.29, 0.717) is 0 Å². The molecular weight excluding hydrogens is 242 g/mol. The van der Waals surface area contributed by atoms with Crippen LogP contribution >= 0.6 is 11.3 Å². The zero-order chi connectivity index (χ0) is 12.5. The normalized spacial score (nSPS) is 18.4. The first-order valence-corrected chi connectivity index (χ1v) is 7.17. The summed E-state index contributed by atoms with van der Waals surface area (Å²) in [5.41, 5.74) is 2.94. The average Bonchev–Trinajstić information content (AvgIpc) is 2.87. The van der Waals surface area contributed by atoms with E-state index in [9.17, 15) is 4.79 Å². The fourth-order valence-corrected chi connectivity index (χ4v) is 3.56. The molecule has 18 heavy (non-hydrogen) atoms. The molecule has 1 aliphatic rings. The Balaban J connectivity index is 1.93. The quantitative estimate of drug-likeness (QED) is 0.767. The number of Topliss-reactive ketones (excluding diaryl/α,β-unsaturated/α-hetero) is 1. The molecule has 3 rings (SSSR count). The molecule has 0 bridgehead atoms. The van der Waals surface area contributed by atoms with Gasteiger partial charge in [-0.3, -0.25) is 9.78 Å². The number of carbonyl (C=O) groups is 1. The van der Waals surface area contributed by atoms with Gasteiger partial charge in [0.05, 0.1) is 0 Å². The first-order valence-electron chi connectivity index (χ1n) is 6.29. The highest BCUT2D eigenvalue weighted by Gasteiger charge is 2.28. The van der Waals surface area contributed by atoms with Gasteiger partial charge in [-0.25, -0.2) is 0 Å². The van der Waals surface area contributed by atoms with Crippen molar-refractivity contribution in [2.75, 3.05) is 0 Å². The number of pyridine rings is 1. The van der Waals surface area contributed by atoms with E-state index >= 15 is 0 Å². The monoisotopic (exact) mass is 257 g/mol. The molecule has 0 aromatic carbocycles. The second-order valence-corrected chi connectivity index (χ2v) is 5.80. The van der Waals surface area contributed by atoms with Crippen LogP contribution in [0.25, 0.3) is 0 Å². The highest BCUT2D eigenvalue weighted by atomic mass is 32.1. The summed E-state index contributed by atoms with van der Waals surface area (Å²) in [5, 5.41) is 2.10. The Bertz CT molecular complexity index is 570. The van der Waals surface area contributed by atoms with Crippen molar-refractivity contribution in [2.45, 2.75) is 32.1 Å². The van der Waals surface area contributed by atoms with Crippen molar-refractivity contribution in [2.24, 2.45) is 0 Å². The van der Waals surface area contributed by atoms with Crippen molar-refractivity contribution in [3.8, 4) is 0 Å². The number of nitrogens with zero attached hydrogens (tertiary/aromatic N) is 1. The summed E-state index contributed by atoms with van der Waals surface area (Å²) in [6.45, 7) is 1.94. The molecule has 0 spiro atoms. The molecule has 3 heteroatoms. The number of rotatable bonds is 2. The molecule has 0 aliphatic heterocycles. The molecule has 92 valence electrons. The Morgan fingerprint density at radius 2 is 2.28 bits per heavy atom. The van der Waals surface area contributed by atoms with Gasteiger partial charge in [0.15, 0.2) is 5.78 Å². The second kappa shape index (κ2) is 4.65. The van der Waals surface area contributed by atoms with Crippen molar-refractivity contribution < 1.29 is 4.79 Å². The predicted molar refractivity (Wildman–Crippen MR) is 73.3 cm³/mol. The first kappa shape index (κ1) is 11.6. The summed E-state index contributed by atoms with van der Waals surface area (Å²) in [5.74, 6) is 0.270. The lowest BCUT2D eigenvalue weighted by atomic mass is 9.83. The standard InChI is InChI=1S/C15H15NOS/c1-10-5-6-11(9-16-10)15(17)13-3-2-4-14-12(13)7-8-18-14/h5-9,13H,2-4H2,1H3. The minimum Gasteiger partial charge on any atom is -0.293 e. The maximum absolute atomic E-state index is 12.5. The van der Waals surface area contributed by atoms with Gasteiger partial charge in [-0.2, -0.15) is 0 Å². The molecule has 0 fully saturated rings. The van der Waals surface area contributed by atoms with Crippen LogP contribution in [0.3, 0.4) is 0 Å². The van der Waals surface area contributed by atoms with Crippen LogP contribution in [0.5, 0.6) is 0 Å². The number of aryl methyl sites for hydroxylation is 2. The molecule has 1 unspecified atom stereocenters. The predicted octanol–water partition coefficient (Wildman–Crippen LogP) is 3.75. The summed E-state index contributed by atoms with van der Waals surface area (Å²) in [6, 6.07) is 5.92. The number of aromatic nitrogens is 1. The van der Waals surface area contributed by atoms with E-state index in [-0.39, 0.29) is 11.7 Å². The maximum atomic E-state index is 12.5. The van der Waals surface area contributed by atoms with Gasteiger partial charge in [-0.1, -0.05) is 0 Å². The van der Waals surface area contributed by atoms with Crippen molar-refractivity contribution in [1.29, 1.82) is 0 Å². The molecule has 0 amide bonds. The van der Waals surface area contributed by atoms with E-state index in [0.717, 1.165) is 30.5 Å². The van der Waals surface area contributed by atoms with Gasteiger partial charge in [0.1, 0.15) is 0 Å². The number of hydrogen-bond donors (Lipinski definition) is 0. The fraction of sp³-hybridized carbons (Fsp3) is 0.333. The van der Waals surface area contributed by atoms with Crippen molar-refractivity contribution >= 4 is 17.1 Å². The molecule has 1 atom stereocenters. The van der Waals surface area contributed by atoms with Gasteiger partial charge in [0, 0.05) is 28.2 Å². The second-order valence-electron chi connectivity index (χ2n) is 4.80. The van der Waals surface area contributed by atoms with E-state index in [1.165, 1.54) is 10.4 Å². The molecule has 2 nitrogen and oxygen atoms in total. The summed E-state index contributed by atoms with van der Waals surface area (Å²) in [7, 11) is 0. The summed E-state index contributed by atoms with van der Waals surface area (Å²) >= 11 is 1.78. The molecule has 0 N–H and O–H groups in total.